The van der Waals surface area contributed by atoms with Gasteiger partial charge < -0.3 is 9.97 Å². The van der Waals surface area contributed by atoms with Crippen molar-refractivity contribution in [2.75, 3.05) is 0 Å². The standard InChI is InChI=1S/C56H49N5O2/c1-29-22-32(4)49(33(5)23-29)52-43-16-14-41(57-43)40(28-61-55(62)38-12-10-11-13-39(38)56(61)63)42-15-17-44(58-42)53(50-34(6)24-30(2)25-35(50)7)46-19-21-48(60-46)54(47-20-18-45(52)59-47)51-36(8)26-31(3)27-37(51)9/h10-27,57,60H,28H2,1-9H3. The molecule has 3 aromatic heterocycles. The van der Waals surface area contributed by atoms with E-state index >= 15 is 0 Å². The Morgan fingerprint density at radius 3 is 1.11 bits per heavy atom. The number of amides is 2. The number of aromatic nitrogens is 4. The molecule has 0 unspecified atom stereocenters. The molecule has 7 aromatic rings. The van der Waals surface area contributed by atoms with Gasteiger partial charge in [0.1, 0.15) is 0 Å². The van der Waals surface area contributed by atoms with Gasteiger partial charge in [-0.05, 0) is 173 Å². The number of nitrogens with zero attached hydrogens (tertiary/aromatic N) is 3. The average Bonchev–Trinajstić information content (AvgIpc) is 4.08. The van der Waals surface area contributed by atoms with E-state index in [0.717, 1.165) is 100 Å². The molecule has 7 heteroatoms. The monoisotopic (exact) mass is 823 g/mol. The quantitative estimate of drug-likeness (QED) is 0.169. The van der Waals surface area contributed by atoms with Crippen LogP contribution in [0.25, 0.3) is 79.8 Å². The van der Waals surface area contributed by atoms with Crippen LogP contribution in [0.15, 0.2) is 84.9 Å². The molecule has 7 nitrogen and oxygen atoms in total. The summed E-state index contributed by atoms with van der Waals surface area (Å²) in [6.45, 7) is 19.4. The van der Waals surface area contributed by atoms with Crippen molar-refractivity contribution >= 4 is 58.2 Å². The molecule has 0 saturated carbocycles. The Hall–Kier alpha value is -7.38. The smallest absolute Gasteiger partial charge is 0.261 e. The lowest BCUT2D eigenvalue weighted by molar-refractivity contribution is 0.0642. The minimum Gasteiger partial charge on any atom is -0.355 e. The fraction of sp³-hybridized carbons (Fsp3) is 0.179. The van der Waals surface area contributed by atoms with Crippen LogP contribution < -0.4 is 0 Å². The van der Waals surface area contributed by atoms with Crippen LogP contribution >= 0.6 is 0 Å². The van der Waals surface area contributed by atoms with Crippen LogP contribution in [0.2, 0.25) is 0 Å². The molecule has 3 aliphatic rings. The summed E-state index contributed by atoms with van der Waals surface area (Å²) < 4.78 is 0. The maximum absolute atomic E-state index is 14.0. The molecule has 8 bridgehead atoms. The first kappa shape index (κ1) is 39.7. The predicted molar refractivity (Wildman–Crippen MR) is 258 cm³/mol. The van der Waals surface area contributed by atoms with Gasteiger partial charge in [0.25, 0.3) is 11.8 Å². The number of nitrogens with one attached hydrogen (secondary N) is 2. The molecule has 0 spiro atoms. The van der Waals surface area contributed by atoms with Gasteiger partial charge in [0.2, 0.25) is 0 Å². The summed E-state index contributed by atoms with van der Waals surface area (Å²) in [7, 11) is 0. The Morgan fingerprint density at radius 1 is 0.413 bits per heavy atom. The van der Waals surface area contributed by atoms with E-state index in [1.165, 1.54) is 32.7 Å². The third-order valence-electron chi connectivity index (χ3n) is 12.8. The average molecular weight is 824 g/mol. The van der Waals surface area contributed by atoms with Crippen molar-refractivity contribution in [1.29, 1.82) is 0 Å². The number of hydrogen-bond donors (Lipinski definition) is 2. The SMILES string of the molecule is Cc1cc(C)c(-c2c3nc(c(-c4c(C)cc(C)cc4C)c4ccc([nH]4)c(-c4c(C)cc(C)cc4C)c4nc(c(CN5C(=O)c6ccccc6C5=O)c5ccc2[nH]5)C=C4)C=C3)c(C)c1. The van der Waals surface area contributed by atoms with Gasteiger partial charge in [-0.3, -0.25) is 14.5 Å². The lowest BCUT2D eigenvalue weighted by Crippen LogP contribution is -2.29. The third kappa shape index (κ3) is 6.58. The molecule has 2 amide bonds. The molecule has 310 valence electrons. The zero-order valence-electron chi connectivity index (χ0n) is 37.3. The zero-order valence-corrected chi connectivity index (χ0v) is 37.3. The number of H-pyrrole nitrogens is 2. The Bertz CT molecular complexity index is 3250. The predicted octanol–water partition coefficient (Wildman–Crippen LogP) is 13.2. The van der Waals surface area contributed by atoms with Crippen LogP contribution in [0.1, 0.15) is 99.1 Å². The first-order valence-corrected chi connectivity index (χ1v) is 21.6. The molecule has 0 radical (unpaired) electrons. The van der Waals surface area contributed by atoms with Crippen molar-refractivity contribution in [2.45, 2.75) is 68.9 Å². The molecule has 6 heterocycles. The highest BCUT2D eigenvalue weighted by molar-refractivity contribution is 6.21. The number of hydrogen-bond acceptors (Lipinski definition) is 4. The summed E-state index contributed by atoms with van der Waals surface area (Å²) in [5.41, 5.74) is 25.0. The third-order valence-corrected chi connectivity index (χ3v) is 12.8. The van der Waals surface area contributed by atoms with Crippen molar-refractivity contribution in [2.24, 2.45) is 0 Å². The molecule has 63 heavy (non-hydrogen) atoms. The van der Waals surface area contributed by atoms with Gasteiger partial charge >= 0.3 is 0 Å². The van der Waals surface area contributed by atoms with E-state index in [9.17, 15) is 9.59 Å². The minimum atomic E-state index is -0.316. The van der Waals surface area contributed by atoms with Crippen molar-refractivity contribution < 1.29 is 9.59 Å². The fourth-order valence-corrected chi connectivity index (χ4v) is 10.5. The molecule has 4 aromatic carbocycles. The molecular weight excluding hydrogens is 775 g/mol. The summed E-state index contributed by atoms with van der Waals surface area (Å²) in [4.78, 5) is 48.0. The molecule has 0 atom stereocenters. The molecular formula is C56H49N5O2. The maximum atomic E-state index is 14.0. The molecule has 3 aliphatic heterocycles. The number of aromatic amines is 2. The van der Waals surface area contributed by atoms with Crippen LogP contribution in [0.5, 0.6) is 0 Å². The summed E-state index contributed by atoms with van der Waals surface area (Å²) in [6.07, 6.45) is 8.36. The van der Waals surface area contributed by atoms with Gasteiger partial charge in [0.15, 0.2) is 0 Å². The normalized spacial score (nSPS) is 13.1. The molecule has 0 aliphatic carbocycles. The Morgan fingerprint density at radius 2 is 0.730 bits per heavy atom. The van der Waals surface area contributed by atoms with E-state index in [4.69, 9.17) is 9.97 Å². The second-order valence-corrected chi connectivity index (χ2v) is 17.7. The van der Waals surface area contributed by atoms with Gasteiger partial charge in [-0.1, -0.05) is 65.2 Å². The molecule has 10 rings (SSSR count). The van der Waals surface area contributed by atoms with Crippen molar-refractivity contribution in [3.8, 4) is 33.4 Å². The summed E-state index contributed by atoms with van der Waals surface area (Å²) in [5, 5.41) is 0. The van der Waals surface area contributed by atoms with E-state index in [-0.39, 0.29) is 18.4 Å². The number of fused-ring (bicyclic) bond motifs is 9. The Labute approximate surface area is 367 Å². The Balaban J connectivity index is 1.38. The molecule has 0 fully saturated rings. The van der Waals surface area contributed by atoms with Crippen LogP contribution in [0, 0.1) is 62.3 Å². The fourth-order valence-electron chi connectivity index (χ4n) is 10.5. The van der Waals surface area contributed by atoms with Gasteiger partial charge in [-0.2, -0.15) is 0 Å². The van der Waals surface area contributed by atoms with Gasteiger partial charge in [0, 0.05) is 44.3 Å². The highest BCUT2D eigenvalue weighted by Crippen LogP contribution is 2.41. The van der Waals surface area contributed by atoms with E-state index in [1.54, 1.807) is 24.3 Å². The van der Waals surface area contributed by atoms with Crippen LogP contribution in [0.4, 0.5) is 0 Å². The van der Waals surface area contributed by atoms with Crippen LogP contribution in [-0.2, 0) is 6.54 Å². The summed E-state index contributed by atoms with van der Waals surface area (Å²) in [6, 6.07) is 28.9. The zero-order chi connectivity index (χ0) is 44.0. The summed E-state index contributed by atoms with van der Waals surface area (Å²) >= 11 is 0. The van der Waals surface area contributed by atoms with Gasteiger partial charge in [0.05, 0.1) is 40.4 Å². The van der Waals surface area contributed by atoms with E-state index in [2.05, 4.69) is 145 Å². The number of aryl methyl sites for hydroxylation is 9. The molecule has 2 N–H and O–H groups in total. The number of carbonyl (C=O) groups excluding carboxylic acids is 2. The maximum Gasteiger partial charge on any atom is 0.261 e. The highest BCUT2D eigenvalue weighted by Gasteiger charge is 2.36. The number of imide groups is 1. The first-order valence-electron chi connectivity index (χ1n) is 21.6. The van der Waals surface area contributed by atoms with Crippen molar-refractivity contribution in [1.82, 2.24) is 24.8 Å². The second-order valence-electron chi connectivity index (χ2n) is 17.7. The minimum absolute atomic E-state index is 0.0254. The second kappa shape index (κ2) is 14.9. The largest absolute Gasteiger partial charge is 0.355 e. The number of rotatable bonds is 5. The highest BCUT2D eigenvalue weighted by atomic mass is 16.2. The molecule has 0 saturated heterocycles. The number of carbonyl (C=O) groups is 2. The van der Waals surface area contributed by atoms with Gasteiger partial charge in [-0.25, -0.2) is 9.97 Å². The summed E-state index contributed by atoms with van der Waals surface area (Å²) in [5.74, 6) is -0.632. The lowest BCUT2D eigenvalue weighted by atomic mass is 9.92. The Kier molecular flexibility index (Phi) is 9.41. The van der Waals surface area contributed by atoms with E-state index < -0.39 is 0 Å². The van der Waals surface area contributed by atoms with E-state index in [0.29, 0.717) is 16.8 Å². The van der Waals surface area contributed by atoms with Crippen LogP contribution in [-0.4, -0.2) is 36.7 Å². The van der Waals surface area contributed by atoms with Crippen LogP contribution in [0.3, 0.4) is 0 Å². The van der Waals surface area contributed by atoms with Crippen molar-refractivity contribution in [3.63, 3.8) is 0 Å². The first-order chi connectivity index (χ1) is 30.2. The number of benzene rings is 4. The van der Waals surface area contributed by atoms with Crippen molar-refractivity contribution in [3.05, 3.63) is 174 Å². The van der Waals surface area contributed by atoms with E-state index in [1.807, 2.05) is 12.1 Å². The van der Waals surface area contributed by atoms with Gasteiger partial charge in [-0.15, -0.1) is 0 Å². The topological polar surface area (TPSA) is 94.7 Å². The lowest BCUT2D eigenvalue weighted by Gasteiger charge is -2.15.